The second-order valence-corrected chi connectivity index (χ2v) is 4.19. The van der Waals surface area contributed by atoms with Gasteiger partial charge in [0.15, 0.2) is 0 Å². The fraction of sp³-hybridized carbons (Fsp3) is 1.00. The summed E-state index contributed by atoms with van der Waals surface area (Å²) in [5, 5.41) is 4.44. The molecule has 0 aromatic heterocycles. The van der Waals surface area contributed by atoms with Gasteiger partial charge in [-0.25, -0.2) is 5.32 Å². The molecule has 1 heterocycles. The molecule has 2 fully saturated rings. The molecular weight excluding hydrogens is 136 g/mol. The van der Waals surface area contributed by atoms with E-state index in [0.717, 1.165) is 13.1 Å². The smallest absolute Gasteiger partial charge is 0.0190 e. The number of nitrogens with two attached hydrogens (primary N) is 1. The summed E-state index contributed by atoms with van der Waals surface area (Å²) in [7, 11) is 0. The third kappa shape index (κ3) is 1.42. The van der Waals surface area contributed by atoms with Crippen LogP contribution in [0.2, 0.25) is 0 Å². The summed E-state index contributed by atoms with van der Waals surface area (Å²) in [6.45, 7) is 2.23. The lowest BCUT2D eigenvalue weighted by Gasteiger charge is -2.34. The molecule has 1 aliphatic heterocycles. The van der Waals surface area contributed by atoms with Crippen molar-refractivity contribution in [3.05, 3.63) is 0 Å². The Balaban J connectivity index is 1.94. The van der Waals surface area contributed by atoms with E-state index in [2.05, 4.69) is 5.32 Å². The van der Waals surface area contributed by atoms with Gasteiger partial charge >= 0.3 is 0 Å². The highest BCUT2D eigenvalue weighted by molar-refractivity contribution is 4.92. The number of hydrogen-bond donors (Lipinski definition) is 1. The molecular formula is C9H17N2. The molecule has 1 spiro atoms. The highest BCUT2D eigenvalue weighted by Crippen LogP contribution is 2.40. The first-order valence-corrected chi connectivity index (χ1v) is 4.70. The first-order valence-electron chi connectivity index (χ1n) is 4.70. The molecule has 0 bridgehead atoms. The van der Waals surface area contributed by atoms with Crippen molar-refractivity contribution in [2.75, 3.05) is 13.1 Å². The average Bonchev–Trinajstić information content (AvgIpc) is 2.45. The predicted molar refractivity (Wildman–Crippen MR) is 45.4 cm³/mol. The molecule has 0 aromatic rings. The fourth-order valence-corrected chi connectivity index (χ4v) is 2.37. The molecule has 0 unspecified atom stereocenters. The third-order valence-electron chi connectivity index (χ3n) is 3.34. The third-order valence-corrected chi connectivity index (χ3v) is 3.34. The van der Waals surface area contributed by atoms with E-state index < -0.39 is 0 Å². The quantitative estimate of drug-likeness (QED) is 0.551. The van der Waals surface area contributed by atoms with E-state index in [-0.39, 0.29) is 0 Å². The van der Waals surface area contributed by atoms with Crippen molar-refractivity contribution in [1.82, 2.24) is 5.32 Å². The minimum atomic E-state index is 0.487. The van der Waals surface area contributed by atoms with Gasteiger partial charge in [0.25, 0.3) is 0 Å². The van der Waals surface area contributed by atoms with Crippen LogP contribution in [-0.4, -0.2) is 19.1 Å². The predicted octanol–water partition coefficient (Wildman–Crippen LogP) is 0.882. The van der Waals surface area contributed by atoms with Gasteiger partial charge in [0.1, 0.15) is 0 Å². The SMILES string of the molecule is NC1CCC2(CC[N]C2)CC1. The van der Waals surface area contributed by atoms with E-state index in [9.17, 15) is 0 Å². The Labute approximate surface area is 68.5 Å². The Kier molecular flexibility index (Phi) is 1.90. The average molecular weight is 153 g/mol. The van der Waals surface area contributed by atoms with Crippen molar-refractivity contribution >= 4 is 0 Å². The van der Waals surface area contributed by atoms with E-state index in [1.165, 1.54) is 32.1 Å². The van der Waals surface area contributed by atoms with E-state index in [4.69, 9.17) is 5.73 Å². The van der Waals surface area contributed by atoms with Crippen LogP contribution in [0.1, 0.15) is 32.1 Å². The van der Waals surface area contributed by atoms with Crippen LogP contribution in [-0.2, 0) is 0 Å². The summed E-state index contributed by atoms with van der Waals surface area (Å²) in [5.41, 5.74) is 6.46. The van der Waals surface area contributed by atoms with Crippen molar-refractivity contribution < 1.29 is 0 Å². The van der Waals surface area contributed by atoms with Gasteiger partial charge in [-0.2, -0.15) is 0 Å². The Hall–Kier alpha value is -0.0800. The molecule has 1 saturated carbocycles. The lowest BCUT2D eigenvalue weighted by atomic mass is 9.72. The van der Waals surface area contributed by atoms with Crippen molar-refractivity contribution in [3.63, 3.8) is 0 Å². The summed E-state index contributed by atoms with van der Waals surface area (Å²) < 4.78 is 0. The van der Waals surface area contributed by atoms with Gasteiger partial charge in [-0.3, -0.25) is 0 Å². The molecule has 2 aliphatic rings. The Morgan fingerprint density at radius 1 is 1.18 bits per heavy atom. The van der Waals surface area contributed by atoms with E-state index in [1.54, 1.807) is 0 Å². The largest absolute Gasteiger partial charge is 0.328 e. The van der Waals surface area contributed by atoms with Crippen LogP contribution in [0.15, 0.2) is 0 Å². The minimum absolute atomic E-state index is 0.487. The molecule has 1 radical (unpaired) electrons. The summed E-state index contributed by atoms with van der Waals surface area (Å²) in [6, 6.07) is 0.487. The lowest BCUT2D eigenvalue weighted by Crippen LogP contribution is -2.34. The van der Waals surface area contributed by atoms with E-state index in [1.807, 2.05) is 0 Å². The molecule has 2 rings (SSSR count). The van der Waals surface area contributed by atoms with Gasteiger partial charge in [-0.1, -0.05) is 0 Å². The normalized spacial score (nSPS) is 45.0. The van der Waals surface area contributed by atoms with Crippen molar-refractivity contribution in [2.45, 2.75) is 38.1 Å². The molecule has 2 heteroatoms. The summed E-state index contributed by atoms with van der Waals surface area (Å²) in [5.74, 6) is 0. The second kappa shape index (κ2) is 2.76. The Morgan fingerprint density at radius 2 is 1.91 bits per heavy atom. The first-order chi connectivity index (χ1) is 5.31. The van der Waals surface area contributed by atoms with E-state index >= 15 is 0 Å². The summed E-state index contributed by atoms with van der Waals surface area (Å²) >= 11 is 0. The molecule has 11 heavy (non-hydrogen) atoms. The van der Waals surface area contributed by atoms with Crippen LogP contribution in [0.4, 0.5) is 0 Å². The molecule has 1 aliphatic carbocycles. The molecule has 2 nitrogen and oxygen atoms in total. The maximum Gasteiger partial charge on any atom is 0.0190 e. The topological polar surface area (TPSA) is 40.1 Å². The maximum atomic E-state index is 5.86. The van der Waals surface area contributed by atoms with Gasteiger partial charge in [-0.15, -0.1) is 0 Å². The fourth-order valence-electron chi connectivity index (χ4n) is 2.37. The van der Waals surface area contributed by atoms with Crippen molar-refractivity contribution in [1.29, 1.82) is 0 Å². The van der Waals surface area contributed by atoms with Gasteiger partial charge in [-0.05, 0) is 37.5 Å². The minimum Gasteiger partial charge on any atom is -0.328 e. The van der Waals surface area contributed by atoms with Crippen LogP contribution in [0.25, 0.3) is 0 Å². The number of nitrogens with zero attached hydrogens (tertiary/aromatic N) is 1. The highest BCUT2D eigenvalue weighted by Gasteiger charge is 2.37. The van der Waals surface area contributed by atoms with Gasteiger partial charge in [0, 0.05) is 19.1 Å². The molecule has 1 saturated heterocycles. The van der Waals surface area contributed by atoms with Gasteiger partial charge in [0.05, 0.1) is 0 Å². The zero-order valence-corrected chi connectivity index (χ0v) is 7.05. The molecule has 0 amide bonds. The van der Waals surface area contributed by atoms with Crippen LogP contribution in [0.5, 0.6) is 0 Å². The highest BCUT2D eigenvalue weighted by atomic mass is 14.9. The molecule has 63 valence electrons. The lowest BCUT2D eigenvalue weighted by molar-refractivity contribution is 0.199. The molecule has 2 N–H and O–H groups in total. The Morgan fingerprint density at radius 3 is 2.45 bits per heavy atom. The number of rotatable bonds is 0. The summed E-state index contributed by atoms with van der Waals surface area (Å²) in [6.07, 6.45) is 6.46. The monoisotopic (exact) mass is 153 g/mol. The van der Waals surface area contributed by atoms with Crippen molar-refractivity contribution in [3.8, 4) is 0 Å². The van der Waals surface area contributed by atoms with Crippen LogP contribution in [0, 0.1) is 5.41 Å². The zero-order chi connectivity index (χ0) is 7.73. The van der Waals surface area contributed by atoms with Gasteiger partial charge < -0.3 is 5.73 Å². The van der Waals surface area contributed by atoms with Crippen molar-refractivity contribution in [2.24, 2.45) is 11.1 Å². The molecule has 0 aromatic carbocycles. The van der Waals surface area contributed by atoms with Crippen LogP contribution >= 0.6 is 0 Å². The second-order valence-electron chi connectivity index (χ2n) is 4.19. The Bertz CT molecular complexity index is 128. The first kappa shape index (κ1) is 7.56. The summed E-state index contributed by atoms with van der Waals surface area (Å²) in [4.78, 5) is 0. The zero-order valence-electron chi connectivity index (χ0n) is 7.05. The van der Waals surface area contributed by atoms with Crippen LogP contribution in [0.3, 0.4) is 0 Å². The van der Waals surface area contributed by atoms with Crippen LogP contribution < -0.4 is 11.1 Å². The van der Waals surface area contributed by atoms with E-state index in [0.29, 0.717) is 11.5 Å². The number of hydrogen-bond acceptors (Lipinski definition) is 1. The maximum absolute atomic E-state index is 5.86. The molecule has 0 atom stereocenters. The standard InChI is InChI=1S/C9H17N2/c10-8-1-3-9(4-2-8)5-6-11-7-9/h8H,1-7,10H2. The van der Waals surface area contributed by atoms with Gasteiger partial charge in [0.2, 0.25) is 0 Å².